The zero-order valence-corrected chi connectivity index (χ0v) is 7.46. The molecular formula is C8H11NO2S. The van der Waals surface area contributed by atoms with Crippen molar-refractivity contribution in [2.45, 2.75) is 18.4 Å². The minimum absolute atomic E-state index is 0.0961. The van der Waals surface area contributed by atoms with E-state index in [4.69, 9.17) is 4.74 Å². The molecule has 0 amide bonds. The second-order valence-electron chi connectivity index (χ2n) is 2.91. The first-order valence-corrected chi connectivity index (χ1v) is 4.91. The van der Waals surface area contributed by atoms with E-state index in [-0.39, 0.29) is 12.0 Å². The molecular weight excluding hydrogens is 174 g/mol. The maximum Gasteiger partial charge on any atom is 0.100 e. The maximum atomic E-state index is 9.63. The number of hydrogen-bond donors (Lipinski definition) is 1. The highest BCUT2D eigenvalue weighted by Crippen LogP contribution is 2.26. The van der Waals surface area contributed by atoms with Crippen LogP contribution in [-0.4, -0.2) is 29.4 Å². The van der Waals surface area contributed by atoms with Gasteiger partial charge in [-0.15, -0.1) is 11.3 Å². The molecule has 0 saturated carbocycles. The molecule has 1 N–H and O–H groups in total. The van der Waals surface area contributed by atoms with E-state index in [1.165, 1.54) is 0 Å². The van der Waals surface area contributed by atoms with Crippen LogP contribution in [0.15, 0.2) is 11.6 Å². The van der Waals surface area contributed by atoms with Crippen LogP contribution in [0, 0.1) is 0 Å². The van der Waals surface area contributed by atoms with E-state index in [0.717, 1.165) is 11.4 Å². The van der Waals surface area contributed by atoms with Gasteiger partial charge in [0.1, 0.15) is 5.01 Å². The van der Waals surface area contributed by atoms with E-state index >= 15 is 0 Å². The molecule has 0 spiro atoms. The van der Waals surface area contributed by atoms with Crippen molar-refractivity contribution in [3.8, 4) is 0 Å². The lowest BCUT2D eigenvalue weighted by molar-refractivity contribution is -0.00596. The van der Waals surface area contributed by atoms with Crippen LogP contribution in [0.5, 0.6) is 0 Å². The molecule has 0 bridgehead atoms. The van der Waals surface area contributed by atoms with Crippen LogP contribution in [0.25, 0.3) is 0 Å². The Balaban J connectivity index is 2.11. The van der Waals surface area contributed by atoms with Crippen molar-refractivity contribution in [1.82, 2.24) is 4.98 Å². The van der Waals surface area contributed by atoms with Crippen LogP contribution in [0.3, 0.4) is 0 Å². The van der Waals surface area contributed by atoms with Crippen LogP contribution in [-0.2, 0) is 4.74 Å². The van der Waals surface area contributed by atoms with Crippen molar-refractivity contribution in [2.24, 2.45) is 0 Å². The van der Waals surface area contributed by atoms with Gasteiger partial charge in [-0.25, -0.2) is 4.98 Å². The van der Waals surface area contributed by atoms with Crippen molar-refractivity contribution in [3.63, 3.8) is 0 Å². The molecule has 0 radical (unpaired) electrons. The third-order valence-corrected chi connectivity index (χ3v) is 3.00. The summed E-state index contributed by atoms with van der Waals surface area (Å²) in [6.45, 7) is 1.28. The minimum atomic E-state index is -0.273. The van der Waals surface area contributed by atoms with Crippen molar-refractivity contribution in [1.29, 1.82) is 0 Å². The number of ether oxygens (including phenoxy) is 1. The molecule has 1 saturated heterocycles. The molecule has 1 aliphatic heterocycles. The normalized spacial score (nSPS) is 30.4. The zero-order valence-electron chi connectivity index (χ0n) is 6.64. The van der Waals surface area contributed by atoms with Crippen LogP contribution >= 0.6 is 11.3 Å². The van der Waals surface area contributed by atoms with Crippen molar-refractivity contribution >= 4 is 11.3 Å². The van der Waals surface area contributed by atoms with E-state index in [0.29, 0.717) is 13.2 Å². The van der Waals surface area contributed by atoms with Crippen molar-refractivity contribution in [3.05, 3.63) is 16.6 Å². The zero-order chi connectivity index (χ0) is 8.39. The Labute approximate surface area is 75.0 Å². The number of nitrogens with zero attached hydrogens (tertiary/aromatic N) is 1. The predicted octanol–water partition coefficient (Wildman–Crippen LogP) is 1.01. The average Bonchev–Trinajstić information content (AvgIpc) is 2.57. The molecule has 2 rings (SSSR count). The van der Waals surface area contributed by atoms with Gasteiger partial charge in [-0.3, -0.25) is 0 Å². The Bertz CT molecular complexity index is 237. The molecule has 2 unspecified atom stereocenters. The van der Waals surface area contributed by atoms with Crippen LogP contribution in [0.2, 0.25) is 0 Å². The van der Waals surface area contributed by atoms with Gasteiger partial charge in [0, 0.05) is 18.2 Å². The smallest absolute Gasteiger partial charge is 0.100 e. The molecule has 1 aromatic heterocycles. The highest BCUT2D eigenvalue weighted by Gasteiger charge is 2.26. The van der Waals surface area contributed by atoms with E-state index in [9.17, 15) is 5.11 Å². The molecule has 66 valence electrons. The summed E-state index contributed by atoms with van der Waals surface area (Å²) in [5, 5.41) is 12.5. The molecule has 0 aliphatic carbocycles. The SMILES string of the molecule is OC1CCOCC1c1nccs1. The van der Waals surface area contributed by atoms with E-state index < -0.39 is 0 Å². The van der Waals surface area contributed by atoms with Gasteiger partial charge in [0.2, 0.25) is 0 Å². The fourth-order valence-corrected chi connectivity index (χ4v) is 2.16. The molecule has 2 heterocycles. The minimum Gasteiger partial charge on any atom is -0.392 e. The Morgan fingerprint density at radius 3 is 3.25 bits per heavy atom. The first kappa shape index (κ1) is 8.16. The van der Waals surface area contributed by atoms with Gasteiger partial charge in [0.25, 0.3) is 0 Å². The first-order chi connectivity index (χ1) is 5.88. The lowest BCUT2D eigenvalue weighted by Gasteiger charge is -2.25. The van der Waals surface area contributed by atoms with Gasteiger partial charge in [-0.05, 0) is 6.42 Å². The standard InChI is InChI=1S/C8H11NO2S/c10-7-1-3-11-5-6(7)8-9-2-4-12-8/h2,4,6-7,10H,1,3,5H2. The third-order valence-electron chi connectivity index (χ3n) is 2.09. The number of hydrogen-bond acceptors (Lipinski definition) is 4. The molecule has 4 heteroatoms. The van der Waals surface area contributed by atoms with Gasteiger partial charge in [0.15, 0.2) is 0 Å². The Morgan fingerprint density at radius 1 is 1.67 bits per heavy atom. The van der Waals surface area contributed by atoms with Gasteiger partial charge in [-0.1, -0.05) is 0 Å². The summed E-state index contributed by atoms with van der Waals surface area (Å²) in [4.78, 5) is 4.17. The van der Waals surface area contributed by atoms with Crippen molar-refractivity contribution < 1.29 is 9.84 Å². The number of thiazole rings is 1. The van der Waals surface area contributed by atoms with Crippen LogP contribution in [0.1, 0.15) is 17.3 Å². The summed E-state index contributed by atoms with van der Waals surface area (Å²) in [5.41, 5.74) is 0. The van der Waals surface area contributed by atoms with Gasteiger partial charge < -0.3 is 9.84 Å². The van der Waals surface area contributed by atoms with E-state index in [1.54, 1.807) is 17.5 Å². The van der Waals surface area contributed by atoms with E-state index in [2.05, 4.69) is 4.98 Å². The molecule has 1 aromatic rings. The topological polar surface area (TPSA) is 42.4 Å². The van der Waals surface area contributed by atoms with Gasteiger partial charge >= 0.3 is 0 Å². The lowest BCUT2D eigenvalue weighted by atomic mass is 10.00. The molecule has 1 fully saturated rings. The lowest BCUT2D eigenvalue weighted by Crippen LogP contribution is -2.29. The highest BCUT2D eigenvalue weighted by atomic mass is 32.1. The second kappa shape index (κ2) is 3.51. The van der Waals surface area contributed by atoms with Gasteiger partial charge in [0.05, 0.1) is 18.6 Å². The van der Waals surface area contributed by atoms with Crippen LogP contribution < -0.4 is 0 Å². The maximum absolute atomic E-state index is 9.63. The molecule has 3 nitrogen and oxygen atoms in total. The Morgan fingerprint density at radius 2 is 2.58 bits per heavy atom. The quantitative estimate of drug-likeness (QED) is 0.710. The number of rotatable bonds is 1. The second-order valence-corrected chi connectivity index (χ2v) is 3.83. The van der Waals surface area contributed by atoms with Gasteiger partial charge in [-0.2, -0.15) is 0 Å². The summed E-state index contributed by atoms with van der Waals surface area (Å²) in [7, 11) is 0. The fourth-order valence-electron chi connectivity index (χ4n) is 1.38. The number of aromatic nitrogens is 1. The third kappa shape index (κ3) is 1.50. The fraction of sp³-hybridized carbons (Fsp3) is 0.625. The summed E-state index contributed by atoms with van der Waals surface area (Å²) in [6, 6.07) is 0. The number of aliphatic hydroxyl groups excluding tert-OH is 1. The van der Waals surface area contributed by atoms with E-state index in [1.807, 2.05) is 5.38 Å². The summed E-state index contributed by atoms with van der Waals surface area (Å²) < 4.78 is 5.28. The first-order valence-electron chi connectivity index (χ1n) is 4.03. The molecule has 1 aliphatic rings. The van der Waals surface area contributed by atoms with Crippen molar-refractivity contribution in [2.75, 3.05) is 13.2 Å². The van der Waals surface area contributed by atoms with Crippen LogP contribution in [0.4, 0.5) is 0 Å². The Kier molecular flexibility index (Phi) is 2.39. The number of aliphatic hydroxyl groups is 1. The largest absolute Gasteiger partial charge is 0.392 e. The average molecular weight is 185 g/mol. The summed E-state index contributed by atoms with van der Waals surface area (Å²) in [6.07, 6.45) is 2.22. The summed E-state index contributed by atoms with van der Waals surface area (Å²) in [5.74, 6) is 0.0961. The monoisotopic (exact) mass is 185 g/mol. The molecule has 0 aromatic carbocycles. The molecule has 2 atom stereocenters. The summed E-state index contributed by atoms with van der Waals surface area (Å²) >= 11 is 1.58. The molecule has 12 heavy (non-hydrogen) atoms. The Hall–Kier alpha value is -0.450. The predicted molar refractivity (Wildman–Crippen MR) is 46.3 cm³/mol. The highest BCUT2D eigenvalue weighted by molar-refractivity contribution is 7.09.